The first-order valence-corrected chi connectivity index (χ1v) is 8.63. The third-order valence-electron chi connectivity index (χ3n) is 5.46. The average molecular weight is 330 g/mol. The normalized spacial score (nSPS) is 24.8. The van der Waals surface area contributed by atoms with Gasteiger partial charge in [-0.2, -0.15) is 0 Å². The van der Waals surface area contributed by atoms with Crippen molar-refractivity contribution in [3.8, 4) is 0 Å². The molecular weight excluding hydrogens is 308 g/mol. The molecule has 0 radical (unpaired) electrons. The molecule has 4 rings (SSSR count). The molecule has 1 spiro atoms. The minimum Gasteiger partial charge on any atom is -0.445 e. The summed E-state index contributed by atoms with van der Waals surface area (Å²) in [5, 5.41) is 0. The third kappa shape index (κ3) is 2.60. The zero-order valence-electron chi connectivity index (χ0n) is 13.6. The van der Waals surface area contributed by atoms with Gasteiger partial charge in [-0.3, -0.25) is 0 Å². The smallest absolute Gasteiger partial charge is 0.410 e. The van der Waals surface area contributed by atoms with E-state index in [2.05, 4.69) is 0 Å². The van der Waals surface area contributed by atoms with E-state index in [0.29, 0.717) is 25.9 Å². The molecule has 128 valence electrons. The van der Waals surface area contributed by atoms with E-state index in [1.807, 2.05) is 35.2 Å². The number of ether oxygens (including phenoxy) is 2. The van der Waals surface area contributed by atoms with Crippen molar-refractivity contribution in [3.63, 3.8) is 0 Å². The third-order valence-corrected chi connectivity index (χ3v) is 5.46. The van der Waals surface area contributed by atoms with Gasteiger partial charge in [-0.15, -0.1) is 0 Å². The topological polar surface area (TPSA) is 59.1 Å². The zero-order chi connectivity index (χ0) is 16.6. The first-order valence-electron chi connectivity index (χ1n) is 8.63. The molecule has 6 heteroatoms. The Morgan fingerprint density at radius 2 is 1.96 bits per heavy atom. The van der Waals surface area contributed by atoms with Crippen LogP contribution in [-0.2, 0) is 16.1 Å². The van der Waals surface area contributed by atoms with E-state index in [4.69, 9.17) is 9.47 Å². The van der Waals surface area contributed by atoms with Crippen molar-refractivity contribution in [2.75, 3.05) is 19.6 Å². The number of hydrogen-bond acceptors (Lipinski definition) is 4. The maximum Gasteiger partial charge on any atom is 0.410 e. The van der Waals surface area contributed by atoms with E-state index in [1.54, 1.807) is 4.90 Å². The quantitative estimate of drug-likeness (QED) is 0.837. The summed E-state index contributed by atoms with van der Waals surface area (Å²) in [5.74, 6) is 0. The highest BCUT2D eigenvalue weighted by atomic mass is 16.6. The summed E-state index contributed by atoms with van der Waals surface area (Å²) in [4.78, 5) is 27.8. The largest absolute Gasteiger partial charge is 0.445 e. The molecule has 2 amide bonds. The molecule has 1 atom stereocenters. The monoisotopic (exact) mass is 330 g/mol. The van der Waals surface area contributed by atoms with Gasteiger partial charge in [-0.1, -0.05) is 30.3 Å². The molecule has 24 heavy (non-hydrogen) atoms. The van der Waals surface area contributed by atoms with E-state index in [9.17, 15) is 9.59 Å². The molecule has 0 bridgehead atoms. The lowest BCUT2D eigenvalue weighted by atomic mass is 9.83. The molecule has 0 aliphatic carbocycles. The summed E-state index contributed by atoms with van der Waals surface area (Å²) in [5.41, 5.74) is 0.578. The number of hydrogen-bond donors (Lipinski definition) is 0. The lowest BCUT2D eigenvalue weighted by Gasteiger charge is -2.39. The molecule has 3 aliphatic rings. The number of nitrogens with zero attached hydrogens (tertiary/aromatic N) is 2. The van der Waals surface area contributed by atoms with Gasteiger partial charge in [0.1, 0.15) is 12.2 Å². The van der Waals surface area contributed by atoms with Gasteiger partial charge in [0.15, 0.2) is 0 Å². The Kier molecular flexibility index (Phi) is 3.82. The Balaban J connectivity index is 1.33. The molecule has 6 nitrogen and oxygen atoms in total. The first kappa shape index (κ1) is 15.3. The number of carbonyl (C=O) groups excluding carboxylic acids is 2. The molecule has 3 heterocycles. The second kappa shape index (κ2) is 6.00. The maximum absolute atomic E-state index is 12.3. The van der Waals surface area contributed by atoms with E-state index in [0.717, 1.165) is 24.9 Å². The number of fused-ring (bicyclic) bond motifs is 2. The van der Waals surface area contributed by atoms with Crippen LogP contribution in [0.1, 0.15) is 31.2 Å². The molecule has 0 N–H and O–H groups in total. The fourth-order valence-corrected chi connectivity index (χ4v) is 4.15. The van der Waals surface area contributed by atoms with Gasteiger partial charge in [0.05, 0.1) is 6.04 Å². The highest BCUT2D eigenvalue weighted by molar-refractivity contribution is 5.72. The van der Waals surface area contributed by atoms with Gasteiger partial charge in [0, 0.05) is 32.5 Å². The van der Waals surface area contributed by atoms with Gasteiger partial charge >= 0.3 is 12.2 Å². The van der Waals surface area contributed by atoms with Crippen LogP contribution >= 0.6 is 0 Å². The Labute approximate surface area is 141 Å². The fourth-order valence-electron chi connectivity index (χ4n) is 4.15. The van der Waals surface area contributed by atoms with Crippen LogP contribution in [0.5, 0.6) is 0 Å². The highest BCUT2D eigenvalue weighted by Gasteiger charge is 2.56. The van der Waals surface area contributed by atoms with Gasteiger partial charge in [0.25, 0.3) is 0 Å². The minimum absolute atomic E-state index is 0.183. The summed E-state index contributed by atoms with van der Waals surface area (Å²) in [7, 11) is 0. The predicted molar refractivity (Wildman–Crippen MR) is 86.4 cm³/mol. The summed E-state index contributed by atoms with van der Waals surface area (Å²) in [6.07, 6.45) is 2.97. The van der Waals surface area contributed by atoms with Gasteiger partial charge in [-0.25, -0.2) is 9.59 Å². The van der Waals surface area contributed by atoms with Crippen LogP contribution in [0.15, 0.2) is 30.3 Å². The Bertz CT molecular complexity index is 625. The summed E-state index contributed by atoms with van der Waals surface area (Å²) in [6, 6.07) is 9.85. The summed E-state index contributed by atoms with van der Waals surface area (Å²) < 4.78 is 11.1. The predicted octanol–water partition coefficient (Wildman–Crippen LogP) is 2.77. The van der Waals surface area contributed by atoms with Crippen molar-refractivity contribution in [3.05, 3.63) is 35.9 Å². The first-order chi connectivity index (χ1) is 11.7. The van der Waals surface area contributed by atoms with Crippen molar-refractivity contribution in [2.24, 2.45) is 0 Å². The van der Waals surface area contributed by atoms with Gasteiger partial charge in [-0.05, 0) is 18.4 Å². The number of rotatable bonds is 2. The Morgan fingerprint density at radius 3 is 2.71 bits per heavy atom. The van der Waals surface area contributed by atoms with Crippen LogP contribution < -0.4 is 0 Å². The molecule has 0 aromatic heterocycles. The number of likely N-dealkylation sites (tertiary alicyclic amines) is 1. The van der Waals surface area contributed by atoms with E-state index >= 15 is 0 Å². The number of piperidine rings is 1. The van der Waals surface area contributed by atoms with Crippen LogP contribution in [0.2, 0.25) is 0 Å². The summed E-state index contributed by atoms with van der Waals surface area (Å²) in [6.45, 7) is 2.23. The van der Waals surface area contributed by atoms with E-state index < -0.39 is 5.60 Å². The molecule has 1 aromatic rings. The molecule has 1 aromatic carbocycles. The van der Waals surface area contributed by atoms with Crippen LogP contribution in [0.4, 0.5) is 9.59 Å². The zero-order valence-corrected chi connectivity index (χ0v) is 13.6. The second-order valence-electron chi connectivity index (χ2n) is 6.81. The van der Waals surface area contributed by atoms with Crippen LogP contribution in [0, 0.1) is 0 Å². The maximum atomic E-state index is 12.3. The van der Waals surface area contributed by atoms with Gasteiger partial charge in [0.2, 0.25) is 0 Å². The van der Waals surface area contributed by atoms with E-state index in [-0.39, 0.29) is 24.8 Å². The lowest BCUT2D eigenvalue weighted by Crippen LogP contribution is -2.52. The molecule has 3 saturated heterocycles. The Morgan fingerprint density at radius 1 is 1.21 bits per heavy atom. The average Bonchev–Trinajstić information content (AvgIpc) is 3.19. The standard InChI is InChI=1S/C18H22N2O4/c21-16(23-13-14-5-2-1-3-6-14)19-11-8-18(9-12-19)15-7-4-10-20(15)17(22)24-18/h1-3,5-6,15H,4,7-13H2. The SMILES string of the molecule is O=C(OCc1ccccc1)N1CCC2(CC1)OC(=O)N1CCCC12. The number of benzene rings is 1. The van der Waals surface area contributed by atoms with Crippen LogP contribution in [-0.4, -0.2) is 53.3 Å². The van der Waals surface area contributed by atoms with Crippen LogP contribution in [0.25, 0.3) is 0 Å². The molecule has 1 unspecified atom stereocenters. The van der Waals surface area contributed by atoms with Gasteiger partial charge < -0.3 is 19.3 Å². The van der Waals surface area contributed by atoms with Crippen molar-refractivity contribution in [1.29, 1.82) is 0 Å². The van der Waals surface area contributed by atoms with Crippen molar-refractivity contribution >= 4 is 12.2 Å². The van der Waals surface area contributed by atoms with E-state index in [1.165, 1.54) is 0 Å². The molecular formula is C18H22N2O4. The fraction of sp³-hybridized carbons (Fsp3) is 0.556. The van der Waals surface area contributed by atoms with Crippen molar-refractivity contribution < 1.29 is 19.1 Å². The number of amides is 2. The van der Waals surface area contributed by atoms with Crippen molar-refractivity contribution in [1.82, 2.24) is 9.80 Å². The summed E-state index contributed by atoms with van der Waals surface area (Å²) >= 11 is 0. The second-order valence-corrected chi connectivity index (χ2v) is 6.81. The molecule has 0 saturated carbocycles. The van der Waals surface area contributed by atoms with Crippen molar-refractivity contribution in [2.45, 2.75) is 43.9 Å². The minimum atomic E-state index is -0.399. The lowest BCUT2D eigenvalue weighted by molar-refractivity contribution is -0.0201. The van der Waals surface area contributed by atoms with Crippen LogP contribution in [0.3, 0.4) is 0 Å². The molecule has 3 fully saturated rings. The Hall–Kier alpha value is -2.24. The number of carbonyl (C=O) groups is 2. The molecule has 3 aliphatic heterocycles. The highest BCUT2D eigenvalue weighted by Crippen LogP contribution is 2.43.